The van der Waals surface area contributed by atoms with Crippen molar-refractivity contribution in [2.24, 2.45) is 0 Å². The summed E-state index contributed by atoms with van der Waals surface area (Å²) in [4.78, 5) is 0. The zero-order valence-corrected chi connectivity index (χ0v) is 10.7. The van der Waals surface area contributed by atoms with Crippen LogP contribution in [0.2, 0.25) is 0 Å². The third-order valence-corrected chi connectivity index (χ3v) is 3.43. The Hall–Kier alpha value is -1.06. The lowest BCUT2D eigenvalue weighted by Crippen LogP contribution is -2.32. The Kier molecular flexibility index (Phi) is 4.40. The molecule has 0 saturated carbocycles. The second kappa shape index (κ2) is 6.03. The van der Waals surface area contributed by atoms with Gasteiger partial charge in [-0.05, 0) is 25.0 Å². The molecular formula is C14H22N2O. The molecule has 17 heavy (non-hydrogen) atoms. The van der Waals surface area contributed by atoms with Crippen LogP contribution >= 0.6 is 0 Å². The summed E-state index contributed by atoms with van der Waals surface area (Å²) in [5, 5.41) is 6.94. The van der Waals surface area contributed by atoms with Crippen molar-refractivity contribution < 1.29 is 4.74 Å². The third kappa shape index (κ3) is 3.20. The van der Waals surface area contributed by atoms with Gasteiger partial charge >= 0.3 is 0 Å². The van der Waals surface area contributed by atoms with Crippen LogP contribution in [-0.2, 0) is 4.74 Å². The Morgan fingerprint density at radius 3 is 3.12 bits per heavy atom. The molecule has 0 amide bonds. The van der Waals surface area contributed by atoms with E-state index >= 15 is 0 Å². The van der Waals surface area contributed by atoms with Crippen LogP contribution in [0.5, 0.6) is 0 Å². The number of methoxy groups -OCH3 is 1. The van der Waals surface area contributed by atoms with Crippen molar-refractivity contribution in [1.82, 2.24) is 5.32 Å². The monoisotopic (exact) mass is 234 g/mol. The van der Waals surface area contributed by atoms with E-state index in [-0.39, 0.29) is 6.10 Å². The molecule has 0 spiro atoms. The molecule has 1 aliphatic heterocycles. The minimum absolute atomic E-state index is 0.284. The third-order valence-electron chi connectivity index (χ3n) is 3.43. The summed E-state index contributed by atoms with van der Waals surface area (Å²) in [6.07, 6.45) is 1.48. The fourth-order valence-corrected chi connectivity index (χ4v) is 2.31. The highest BCUT2D eigenvalue weighted by Gasteiger charge is 2.18. The average molecular weight is 234 g/mol. The minimum Gasteiger partial charge on any atom is -0.385 e. The van der Waals surface area contributed by atoms with E-state index in [1.165, 1.54) is 17.7 Å². The normalized spacial score (nSPS) is 20.5. The molecular weight excluding hydrogens is 212 g/mol. The van der Waals surface area contributed by atoms with E-state index in [1.54, 1.807) is 7.11 Å². The van der Waals surface area contributed by atoms with Gasteiger partial charge in [-0.2, -0.15) is 0 Å². The van der Waals surface area contributed by atoms with Crippen LogP contribution in [0, 0.1) is 0 Å². The highest BCUT2D eigenvalue weighted by Crippen LogP contribution is 2.30. The second-order valence-electron chi connectivity index (χ2n) is 4.70. The summed E-state index contributed by atoms with van der Waals surface area (Å²) in [5.41, 5.74) is 2.74. The van der Waals surface area contributed by atoms with Crippen LogP contribution in [0.4, 0.5) is 5.69 Å². The first-order valence-corrected chi connectivity index (χ1v) is 6.37. The molecule has 2 atom stereocenters. The van der Waals surface area contributed by atoms with Gasteiger partial charge in [0.2, 0.25) is 0 Å². The molecule has 2 unspecified atom stereocenters. The van der Waals surface area contributed by atoms with Crippen LogP contribution < -0.4 is 10.6 Å². The zero-order chi connectivity index (χ0) is 12.1. The van der Waals surface area contributed by atoms with Crippen LogP contribution in [0.3, 0.4) is 0 Å². The lowest BCUT2D eigenvalue weighted by Gasteiger charge is -2.27. The van der Waals surface area contributed by atoms with Gasteiger partial charge in [0.25, 0.3) is 0 Å². The lowest BCUT2D eigenvalue weighted by molar-refractivity contribution is 0.117. The zero-order valence-electron chi connectivity index (χ0n) is 10.7. The highest BCUT2D eigenvalue weighted by atomic mass is 16.5. The maximum absolute atomic E-state index is 5.23. The molecule has 3 nitrogen and oxygen atoms in total. The van der Waals surface area contributed by atoms with Crippen LogP contribution in [0.25, 0.3) is 0 Å². The van der Waals surface area contributed by atoms with Crippen LogP contribution in [-0.4, -0.2) is 32.8 Å². The first-order chi connectivity index (χ1) is 8.31. The van der Waals surface area contributed by atoms with Gasteiger partial charge in [-0.25, -0.2) is 0 Å². The predicted octanol–water partition coefficient (Wildman–Crippen LogP) is 2.21. The Morgan fingerprint density at radius 2 is 2.29 bits per heavy atom. The number of rotatable bonds is 5. The number of benzene rings is 1. The first kappa shape index (κ1) is 12.4. The van der Waals surface area contributed by atoms with Gasteiger partial charge in [-0.3, -0.25) is 0 Å². The molecule has 0 aromatic heterocycles. The van der Waals surface area contributed by atoms with Gasteiger partial charge in [0, 0.05) is 38.3 Å². The van der Waals surface area contributed by atoms with Crippen molar-refractivity contribution in [1.29, 1.82) is 0 Å². The van der Waals surface area contributed by atoms with E-state index in [0.29, 0.717) is 5.92 Å². The number of nitrogens with one attached hydrogen (secondary N) is 2. The van der Waals surface area contributed by atoms with Gasteiger partial charge in [-0.1, -0.05) is 18.2 Å². The Balaban J connectivity index is 1.90. The smallest absolute Gasteiger partial charge is 0.0667 e. The van der Waals surface area contributed by atoms with E-state index in [2.05, 4.69) is 41.8 Å². The van der Waals surface area contributed by atoms with Gasteiger partial charge in [0.1, 0.15) is 0 Å². The molecule has 1 aliphatic rings. The summed E-state index contributed by atoms with van der Waals surface area (Å²) in [6, 6.07) is 8.61. The van der Waals surface area contributed by atoms with Crippen molar-refractivity contribution in [3.63, 3.8) is 0 Å². The van der Waals surface area contributed by atoms with Crippen LogP contribution in [0.1, 0.15) is 24.8 Å². The Morgan fingerprint density at radius 1 is 1.47 bits per heavy atom. The molecule has 1 heterocycles. The molecule has 0 fully saturated rings. The standard InChI is InChI=1S/C14H22N2O/c1-11(17-2)9-15-10-12-7-8-16-14-6-4-3-5-13(12)14/h3-6,11-12,15-16H,7-10H2,1-2H3. The minimum atomic E-state index is 0.284. The molecule has 1 aromatic rings. The molecule has 0 bridgehead atoms. The summed E-state index contributed by atoms with van der Waals surface area (Å²) >= 11 is 0. The highest BCUT2D eigenvalue weighted by molar-refractivity contribution is 5.54. The van der Waals surface area contributed by atoms with E-state index in [0.717, 1.165) is 19.6 Å². The molecule has 1 aromatic carbocycles. The molecule has 2 N–H and O–H groups in total. The molecule has 0 aliphatic carbocycles. The second-order valence-corrected chi connectivity index (χ2v) is 4.70. The van der Waals surface area contributed by atoms with E-state index < -0.39 is 0 Å². The van der Waals surface area contributed by atoms with E-state index in [1.807, 2.05) is 0 Å². The van der Waals surface area contributed by atoms with Crippen molar-refractivity contribution in [2.45, 2.75) is 25.4 Å². The number of hydrogen-bond acceptors (Lipinski definition) is 3. The maximum Gasteiger partial charge on any atom is 0.0667 e. The average Bonchev–Trinajstić information content (AvgIpc) is 2.39. The molecule has 0 saturated heterocycles. The van der Waals surface area contributed by atoms with E-state index in [4.69, 9.17) is 4.74 Å². The van der Waals surface area contributed by atoms with Gasteiger partial charge in [0.15, 0.2) is 0 Å². The van der Waals surface area contributed by atoms with Gasteiger partial charge in [-0.15, -0.1) is 0 Å². The van der Waals surface area contributed by atoms with Crippen molar-refractivity contribution in [3.8, 4) is 0 Å². The topological polar surface area (TPSA) is 33.3 Å². The number of para-hydroxylation sites is 1. The predicted molar refractivity (Wildman–Crippen MR) is 71.6 cm³/mol. The summed E-state index contributed by atoms with van der Waals surface area (Å²) in [5.74, 6) is 0.622. The maximum atomic E-state index is 5.23. The molecule has 3 heteroatoms. The van der Waals surface area contributed by atoms with Gasteiger partial charge in [0.05, 0.1) is 6.10 Å². The SMILES string of the molecule is COC(C)CNCC1CCNc2ccccc21. The fraction of sp³-hybridized carbons (Fsp3) is 0.571. The molecule has 94 valence electrons. The Labute approximate surface area is 104 Å². The summed E-state index contributed by atoms with van der Waals surface area (Å²) in [6.45, 7) is 5.11. The van der Waals surface area contributed by atoms with Crippen LogP contribution in [0.15, 0.2) is 24.3 Å². The van der Waals surface area contributed by atoms with E-state index in [9.17, 15) is 0 Å². The number of ether oxygens (including phenoxy) is 1. The Bertz CT molecular complexity index is 354. The number of fused-ring (bicyclic) bond motifs is 1. The van der Waals surface area contributed by atoms with Crippen molar-refractivity contribution >= 4 is 5.69 Å². The number of hydrogen-bond donors (Lipinski definition) is 2. The summed E-state index contributed by atoms with van der Waals surface area (Å²) < 4.78 is 5.23. The van der Waals surface area contributed by atoms with Crippen molar-refractivity contribution in [3.05, 3.63) is 29.8 Å². The quantitative estimate of drug-likeness (QED) is 0.819. The fourth-order valence-electron chi connectivity index (χ4n) is 2.31. The summed E-state index contributed by atoms with van der Waals surface area (Å²) in [7, 11) is 1.76. The lowest BCUT2D eigenvalue weighted by atomic mass is 9.91. The molecule has 0 radical (unpaired) electrons. The van der Waals surface area contributed by atoms with Gasteiger partial charge < -0.3 is 15.4 Å². The first-order valence-electron chi connectivity index (χ1n) is 6.37. The van der Waals surface area contributed by atoms with Crippen molar-refractivity contribution in [2.75, 3.05) is 32.1 Å². The largest absolute Gasteiger partial charge is 0.385 e. The molecule has 2 rings (SSSR count). The number of anilines is 1.